The average molecular weight is 399 g/mol. The predicted molar refractivity (Wildman–Crippen MR) is 116 cm³/mol. The van der Waals surface area contributed by atoms with E-state index in [-0.39, 0.29) is 0 Å². The molecule has 30 heavy (non-hydrogen) atoms. The summed E-state index contributed by atoms with van der Waals surface area (Å²) < 4.78 is 5.19. The number of anilines is 3. The van der Waals surface area contributed by atoms with Crippen LogP contribution in [0.1, 0.15) is 27.0 Å². The van der Waals surface area contributed by atoms with Crippen LogP contribution in [-0.4, -0.2) is 18.5 Å². The fraction of sp³-hybridized carbons (Fsp3) is 0.125. The van der Waals surface area contributed by atoms with Crippen LogP contribution in [0.3, 0.4) is 0 Å². The molecular formula is C24H21N3O3. The highest BCUT2D eigenvalue weighted by atomic mass is 16.5. The number of nitriles is 1. The van der Waals surface area contributed by atoms with E-state index in [0.29, 0.717) is 22.5 Å². The van der Waals surface area contributed by atoms with Gasteiger partial charge in [-0.1, -0.05) is 36.4 Å². The number of aryl methyl sites for hydroxylation is 1. The number of carbonyl (C=O) groups excluding carboxylic acids is 2. The quantitative estimate of drug-likeness (QED) is 0.586. The minimum absolute atomic E-state index is 0.323. The maximum Gasteiger partial charge on any atom is 0.340 e. The summed E-state index contributed by atoms with van der Waals surface area (Å²) in [5.41, 5.74) is 4.72. The SMILES string of the molecule is Cc1cccc(Nc2ccccc2C(=O)OCC(=O)Nc2ccccc2C#N)c1C. The molecule has 6 heteroatoms. The number of hydrogen-bond donors (Lipinski definition) is 2. The maximum atomic E-state index is 12.6. The van der Waals surface area contributed by atoms with Crippen molar-refractivity contribution >= 4 is 28.9 Å². The Bertz CT molecular complexity index is 1130. The first kappa shape index (κ1) is 20.6. The van der Waals surface area contributed by atoms with Gasteiger partial charge in [-0.3, -0.25) is 4.79 Å². The van der Waals surface area contributed by atoms with Gasteiger partial charge in [0.2, 0.25) is 0 Å². The Morgan fingerprint density at radius 2 is 1.57 bits per heavy atom. The number of nitrogens with zero attached hydrogens (tertiary/aromatic N) is 1. The Labute approximate surface area is 175 Å². The second-order valence-corrected chi connectivity index (χ2v) is 6.70. The molecule has 0 spiro atoms. The van der Waals surface area contributed by atoms with E-state index in [0.717, 1.165) is 16.8 Å². The number of hydrogen-bond acceptors (Lipinski definition) is 5. The van der Waals surface area contributed by atoms with E-state index < -0.39 is 18.5 Å². The smallest absolute Gasteiger partial charge is 0.340 e. The Morgan fingerprint density at radius 3 is 2.33 bits per heavy atom. The van der Waals surface area contributed by atoms with Crippen molar-refractivity contribution in [3.05, 3.63) is 89.0 Å². The highest BCUT2D eigenvalue weighted by Gasteiger charge is 2.16. The lowest BCUT2D eigenvalue weighted by Gasteiger charge is -2.14. The molecule has 150 valence electrons. The lowest BCUT2D eigenvalue weighted by molar-refractivity contribution is -0.119. The van der Waals surface area contributed by atoms with Crippen molar-refractivity contribution in [3.8, 4) is 6.07 Å². The number of nitrogens with one attached hydrogen (secondary N) is 2. The molecule has 0 saturated heterocycles. The molecule has 0 radical (unpaired) electrons. The fourth-order valence-electron chi connectivity index (χ4n) is 2.89. The van der Waals surface area contributed by atoms with Crippen molar-refractivity contribution in [1.82, 2.24) is 0 Å². The lowest BCUT2D eigenvalue weighted by atomic mass is 10.1. The van der Waals surface area contributed by atoms with Crippen molar-refractivity contribution in [2.75, 3.05) is 17.2 Å². The van der Waals surface area contributed by atoms with Crippen LogP contribution in [0.5, 0.6) is 0 Å². The highest BCUT2D eigenvalue weighted by Crippen LogP contribution is 2.25. The molecule has 0 atom stereocenters. The summed E-state index contributed by atoms with van der Waals surface area (Å²) in [5.74, 6) is -1.14. The van der Waals surface area contributed by atoms with E-state index >= 15 is 0 Å². The number of benzene rings is 3. The van der Waals surface area contributed by atoms with Crippen molar-refractivity contribution in [3.63, 3.8) is 0 Å². The second-order valence-electron chi connectivity index (χ2n) is 6.70. The molecule has 3 aromatic carbocycles. The highest BCUT2D eigenvalue weighted by molar-refractivity contribution is 5.99. The first-order valence-electron chi connectivity index (χ1n) is 9.38. The summed E-state index contributed by atoms with van der Waals surface area (Å²) in [5, 5.41) is 14.9. The molecule has 0 saturated carbocycles. The van der Waals surface area contributed by atoms with Gasteiger partial charge in [-0.15, -0.1) is 0 Å². The summed E-state index contributed by atoms with van der Waals surface area (Å²) in [6.07, 6.45) is 0. The van der Waals surface area contributed by atoms with Crippen LogP contribution in [0.25, 0.3) is 0 Å². The van der Waals surface area contributed by atoms with Crippen LogP contribution in [0.15, 0.2) is 66.7 Å². The second kappa shape index (κ2) is 9.39. The van der Waals surface area contributed by atoms with E-state index in [2.05, 4.69) is 10.6 Å². The van der Waals surface area contributed by atoms with E-state index in [1.165, 1.54) is 0 Å². The van der Waals surface area contributed by atoms with Crippen LogP contribution in [0, 0.1) is 25.2 Å². The summed E-state index contributed by atoms with van der Waals surface area (Å²) in [6.45, 7) is 3.56. The molecule has 2 N–H and O–H groups in total. The van der Waals surface area contributed by atoms with Crippen LogP contribution < -0.4 is 10.6 Å². The van der Waals surface area contributed by atoms with Gasteiger partial charge in [-0.2, -0.15) is 5.26 Å². The molecule has 3 rings (SSSR count). The molecule has 0 aliphatic rings. The normalized spacial score (nSPS) is 10.0. The zero-order valence-electron chi connectivity index (χ0n) is 16.7. The van der Waals surface area contributed by atoms with Gasteiger partial charge in [0.15, 0.2) is 6.61 Å². The van der Waals surface area contributed by atoms with Crippen LogP contribution >= 0.6 is 0 Å². The number of amides is 1. The van der Waals surface area contributed by atoms with Gasteiger partial charge in [-0.25, -0.2) is 4.79 Å². The molecule has 0 fully saturated rings. The first-order valence-corrected chi connectivity index (χ1v) is 9.38. The molecule has 0 unspecified atom stereocenters. The molecule has 0 bridgehead atoms. The zero-order chi connectivity index (χ0) is 21.5. The molecule has 0 aliphatic heterocycles. The van der Waals surface area contributed by atoms with Crippen molar-refractivity contribution in [1.29, 1.82) is 5.26 Å². The lowest BCUT2D eigenvalue weighted by Crippen LogP contribution is -2.21. The Morgan fingerprint density at radius 1 is 0.900 bits per heavy atom. The summed E-state index contributed by atoms with van der Waals surface area (Å²) in [7, 11) is 0. The van der Waals surface area contributed by atoms with Gasteiger partial charge in [0.05, 0.1) is 22.5 Å². The van der Waals surface area contributed by atoms with Crippen LogP contribution in [0.2, 0.25) is 0 Å². The zero-order valence-corrected chi connectivity index (χ0v) is 16.7. The number of esters is 1. The molecule has 3 aromatic rings. The largest absolute Gasteiger partial charge is 0.452 e. The van der Waals surface area contributed by atoms with Crippen molar-refractivity contribution < 1.29 is 14.3 Å². The molecular weight excluding hydrogens is 378 g/mol. The Balaban J connectivity index is 1.68. The van der Waals surface area contributed by atoms with Crippen molar-refractivity contribution in [2.45, 2.75) is 13.8 Å². The number of para-hydroxylation sites is 2. The molecule has 0 heterocycles. The number of carbonyl (C=O) groups is 2. The molecule has 1 amide bonds. The molecule has 0 aliphatic carbocycles. The van der Waals surface area contributed by atoms with Crippen LogP contribution in [0.4, 0.5) is 17.1 Å². The van der Waals surface area contributed by atoms with E-state index in [4.69, 9.17) is 10.00 Å². The number of rotatable bonds is 6. The predicted octanol–water partition coefficient (Wildman–Crippen LogP) is 4.71. The van der Waals surface area contributed by atoms with Crippen molar-refractivity contribution in [2.24, 2.45) is 0 Å². The molecule has 0 aromatic heterocycles. The van der Waals surface area contributed by atoms with E-state index in [1.54, 1.807) is 42.5 Å². The third-order valence-corrected chi connectivity index (χ3v) is 4.68. The van der Waals surface area contributed by atoms with Gasteiger partial charge in [0, 0.05) is 5.69 Å². The van der Waals surface area contributed by atoms with E-state index in [9.17, 15) is 9.59 Å². The minimum Gasteiger partial charge on any atom is -0.452 e. The minimum atomic E-state index is -0.618. The first-order chi connectivity index (χ1) is 14.5. The number of ether oxygens (including phenoxy) is 1. The molecule has 6 nitrogen and oxygen atoms in total. The maximum absolute atomic E-state index is 12.6. The monoisotopic (exact) mass is 399 g/mol. The van der Waals surface area contributed by atoms with Gasteiger partial charge in [-0.05, 0) is 55.3 Å². The summed E-state index contributed by atoms with van der Waals surface area (Å²) in [4.78, 5) is 24.8. The standard InChI is InChI=1S/C24H21N3O3/c1-16-8-7-13-20(17(16)2)26-22-12-6-4-10-19(22)24(29)30-15-23(28)27-21-11-5-3-9-18(21)14-25/h3-13,26H,15H2,1-2H3,(H,27,28). The van der Waals surface area contributed by atoms with Gasteiger partial charge < -0.3 is 15.4 Å². The summed E-state index contributed by atoms with van der Waals surface area (Å²) in [6, 6.07) is 21.5. The third-order valence-electron chi connectivity index (χ3n) is 4.68. The average Bonchev–Trinajstić information content (AvgIpc) is 2.76. The summed E-state index contributed by atoms with van der Waals surface area (Å²) >= 11 is 0. The third kappa shape index (κ3) is 4.83. The Hall–Kier alpha value is -4.11. The van der Waals surface area contributed by atoms with Crippen LogP contribution in [-0.2, 0) is 9.53 Å². The topological polar surface area (TPSA) is 91.2 Å². The Kier molecular flexibility index (Phi) is 6.46. The van der Waals surface area contributed by atoms with E-state index in [1.807, 2.05) is 44.2 Å². The van der Waals surface area contributed by atoms with Gasteiger partial charge in [0.1, 0.15) is 6.07 Å². The van der Waals surface area contributed by atoms with Gasteiger partial charge in [0.25, 0.3) is 5.91 Å². The fourth-order valence-corrected chi connectivity index (χ4v) is 2.89. The van der Waals surface area contributed by atoms with Gasteiger partial charge >= 0.3 is 5.97 Å².